The van der Waals surface area contributed by atoms with Crippen molar-refractivity contribution < 1.29 is 4.79 Å². The first-order valence-electron chi connectivity index (χ1n) is 7.30. The molecule has 1 aromatic heterocycles. The van der Waals surface area contributed by atoms with Gasteiger partial charge in [-0.2, -0.15) is 5.10 Å². The lowest BCUT2D eigenvalue weighted by molar-refractivity contribution is -0.118. The number of benzene rings is 2. The van der Waals surface area contributed by atoms with Crippen molar-refractivity contribution >= 4 is 68.1 Å². The van der Waals surface area contributed by atoms with Crippen molar-refractivity contribution in [3.63, 3.8) is 0 Å². The first-order valence-corrected chi connectivity index (χ1v) is 9.85. The van der Waals surface area contributed by atoms with Gasteiger partial charge in [0.15, 0.2) is 4.34 Å². The SMILES string of the molecule is C/C(=N/NC(=O)CSc1nc2ccccc2s1)c1ccc(Cl)cc1Cl. The Bertz CT molecular complexity index is 923. The third-order valence-electron chi connectivity index (χ3n) is 3.27. The van der Waals surface area contributed by atoms with Gasteiger partial charge in [-0.1, -0.05) is 53.2 Å². The van der Waals surface area contributed by atoms with E-state index < -0.39 is 0 Å². The van der Waals surface area contributed by atoms with Gasteiger partial charge in [-0.25, -0.2) is 10.4 Å². The number of thiazole rings is 1. The fourth-order valence-electron chi connectivity index (χ4n) is 2.06. The quantitative estimate of drug-likeness (QED) is 0.356. The summed E-state index contributed by atoms with van der Waals surface area (Å²) < 4.78 is 1.97. The summed E-state index contributed by atoms with van der Waals surface area (Å²) in [7, 11) is 0. The lowest BCUT2D eigenvalue weighted by Crippen LogP contribution is -2.21. The third kappa shape index (κ3) is 4.73. The van der Waals surface area contributed by atoms with E-state index in [2.05, 4.69) is 15.5 Å². The van der Waals surface area contributed by atoms with E-state index in [1.807, 2.05) is 24.3 Å². The predicted octanol–water partition coefficient (Wildman–Crippen LogP) is 5.24. The minimum Gasteiger partial charge on any atom is -0.272 e. The van der Waals surface area contributed by atoms with Crippen LogP contribution in [0.1, 0.15) is 12.5 Å². The topological polar surface area (TPSA) is 54.4 Å². The minimum absolute atomic E-state index is 0.200. The van der Waals surface area contributed by atoms with Crippen molar-refractivity contribution in [1.29, 1.82) is 0 Å². The molecule has 0 spiro atoms. The Balaban J connectivity index is 1.58. The van der Waals surface area contributed by atoms with Gasteiger partial charge in [-0.3, -0.25) is 4.79 Å². The van der Waals surface area contributed by atoms with Crippen molar-refractivity contribution in [1.82, 2.24) is 10.4 Å². The smallest absolute Gasteiger partial charge is 0.250 e. The van der Waals surface area contributed by atoms with Crippen LogP contribution in [-0.4, -0.2) is 22.4 Å². The molecular weight excluding hydrogens is 397 g/mol. The Labute approximate surface area is 163 Å². The van der Waals surface area contributed by atoms with Crippen LogP contribution in [0.4, 0.5) is 0 Å². The largest absolute Gasteiger partial charge is 0.272 e. The van der Waals surface area contributed by atoms with Gasteiger partial charge >= 0.3 is 0 Å². The van der Waals surface area contributed by atoms with Crippen molar-refractivity contribution in [2.75, 3.05) is 5.75 Å². The van der Waals surface area contributed by atoms with Crippen LogP contribution in [0.15, 0.2) is 51.9 Å². The van der Waals surface area contributed by atoms with E-state index in [-0.39, 0.29) is 11.7 Å². The molecule has 3 aromatic rings. The number of carbonyl (C=O) groups is 1. The molecule has 0 unspecified atom stereocenters. The fourth-order valence-corrected chi connectivity index (χ4v) is 4.47. The maximum absolute atomic E-state index is 12.0. The number of fused-ring (bicyclic) bond motifs is 1. The number of aromatic nitrogens is 1. The zero-order valence-electron chi connectivity index (χ0n) is 13.1. The molecule has 1 N–H and O–H groups in total. The lowest BCUT2D eigenvalue weighted by atomic mass is 10.1. The van der Waals surface area contributed by atoms with Crippen LogP contribution in [0.2, 0.25) is 10.0 Å². The molecule has 0 aliphatic heterocycles. The first kappa shape index (κ1) is 18.2. The summed E-state index contributed by atoms with van der Waals surface area (Å²) in [6.45, 7) is 1.77. The molecule has 0 bridgehead atoms. The molecule has 1 amide bonds. The summed E-state index contributed by atoms with van der Waals surface area (Å²) in [5, 5.41) is 5.15. The molecule has 2 aromatic carbocycles. The zero-order valence-corrected chi connectivity index (χ0v) is 16.3. The number of hydrogen-bond donors (Lipinski definition) is 1. The molecule has 0 fully saturated rings. The van der Waals surface area contributed by atoms with Crippen LogP contribution in [0, 0.1) is 0 Å². The van der Waals surface area contributed by atoms with E-state index >= 15 is 0 Å². The predicted molar refractivity (Wildman–Crippen MR) is 107 cm³/mol. The fraction of sp³-hybridized carbons (Fsp3) is 0.118. The minimum atomic E-state index is -0.200. The number of para-hydroxylation sites is 1. The molecule has 0 radical (unpaired) electrons. The number of rotatable bonds is 5. The monoisotopic (exact) mass is 409 g/mol. The van der Waals surface area contributed by atoms with Gasteiger partial charge in [0.25, 0.3) is 5.91 Å². The van der Waals surface area contributed by atoms with E-state index in [1.165, 1.54) is 11.8 Å². The van der Waals surface area contributed by atoms with Gasteiger partial charge < -0.3 is 0 Å². The van der Waals surface area contributed by atoms with Crippen LogP contribution in [0.3, 0.4) is 0 Å². The van der Waals surface area contributed by atoms with E-state index in [9.17, 15) is 4.79 Å². The Morgan fingerprint density at radius 2 is 2.08 bits per heavy atom. The van der Waals surface area contributed by atoms with Crippen molar-refractivity contribution in [2.45, 2.75) is 11.3 Å². The van der Waals surface area contributed by atoms with Crippen LogP contribution < -0.4 is 5.43 Å². The van der Waals surface area contributed by atoms with Crippen molar-refractivity contribution in [2.24, 2.45) is 5.10 Å². The van der Waals surface area contributed by atoms with Crippen LogP contribution >= 0.6 is 46.3 Å². The number of thioether (sulfide) groups is 1. The van der Waals surface area contributed by atoms with E-state index in [1.54, 1.807) is 36.5 Å². The summed E-state index contributed by atoms with van der Waals surface area (Å²) in [5.74, 6) is 0.0407. The molecule has 0 saturated heterocycles. The standard InChI is InChI=1S/C17H13Cl2N3OS2/c1-10(12-7-6-11(18)8-13(12)19)21-22-16(23)9-24-17-20-14-4-2-3-5-15(14)25-17/h2-8H,9H2,1H3,(H,22,23)/b21-10-. The summed E-state index contributed by atoms with van der Waals surface area (Å²) >= 11 is 15.0. The molecule has 0 aliphatic rings. The molecule has 0 saturated carbocycles. The Hall–Kier alpha value is -1.60. The molecule has 128 valence electrons. The molecular formula is C17H13Cl2N3OS2. The second-order valence-corrected chi connectivity index (χ2v) is 8.19. The van der Waals surface area contributed by atoms with Gasteiger partial charge in [-0.15, -0.1) is 11.3 Å². The second-order valence-electron chi connectivity index (χ2n) is 5.09. The molecule has 0 aliphatic carbocycles. The van der Waals surface area contributed by atoms with Gasteiger partial charge in [0.05, 0.1) is 26.7 Å². The number of carbonyl (C=O) groups excluding carboxylic acids is 1. The highest BCUT2D eigenvalue weighted by molar-refractivity contribution is 8.01. The normalized spacial score (nSPS) is 11.7. The molecule has 8 heteroatoms. The Morgan fingerprint density at radius 1 is 1.28 bits per heavy atom. The molecule has 4 nitrogen and oxygen atoms in total. The van der Waals surface area contributed by atoms with E-state index in [4.69, 9.17) is 23.2 Å². The highest BCUT2D eigenvalue weighted by Crippen LogP contribution is 2.29. The van der Waals surface area contributed by atoms with Gasteiger partial charge in [-0.05, 0) is 31.2 Å². The Kier molecular flexibility index (Phi) is 5.96. The highest BCUT2D eigenvalue weighted by atomic mass is 35.5. The molecule has 3 rings (SSSR count). The van der Waals surface area contributed by atoms with Gasteiger partial charge in [0.2, 0.25) is 0 Å². The van der Waals surface area contributed by atoms with Crippen molar-refractivity contribution in [3.8, 4) is 0 Å². The number of halogens is 2. The van der Waals surface area contributed by atoms with Crippen LogP contribution in [0.25, 0.3) is 10.2 Å². The second kappa shape index (κ2) is 8.19. The number of hydrogen-bond acceptors (Lipinski definition) is 5. The average Bonchev–Trinajstić information content (AvgIpc) is 3.01. The summed E-state index contributed by atoms with van der Waals surface area (Å²) in [6, 6.07) is 13.0. The van der Waals surface area contributed by atoms with E-state index in [0.29, 0.717) is 15.8 Å². The highest BCUT2D eigenvalue weighted by Gasteiger charge is 2.08. The average molecular weight is 410 g/mol. The first-order chi connectivity index (χ1) is 12.0. The number of nitrogens with zero attached hydrogens (tertiary/aromatic N) is 2. The molecule has 25 heavy (non-hydrogen) atoms. The van der Waals surface area contributed by atoms with Crippen molar-refractivity contribution in [3.05, 3.63) is 58.1 Å². The van der Waals surface area contributed by atoms with Crippen LogP contribution in [0.5, 0.6) is 0 Å². The van der Waals surface area contributed by atoms with Gasteiger partial charge in [0, 0.05) is 10.6 Å². The lowest BCUT2D eigenvalue weighted by Gasteiger charge is -2.05. The maximum atomic E-state index is 12.0. The molecule has 1 heterocycles. The van der Waals surface area contributed by atoms with Crippen LogP contribution in [-0.2, 0) is 4.79 Å². The molecule has 0 atom stereocenters. The third-order valence-corrected chi connectivity index (χ3v) is 6.00. The summed E-state index contributed by atoms with van der Waals surface area (Å²) in [4.78, 5) is 16.5. The van der Waals surface area contributed by atoms with E-state index in [0.717, 1.165) is 20.1 Å². The number of nitrogens with one attached hydrogen (secondary N) is 1. The maximum Gasteiger partial charge on any atom is 0.250 e. The summed E-state index contributed by atoms with van der Waals surface area (Å²) in [6.07, 6.45) is 0. The summed E-state index contributed by atoms with van der Waals surface area (Å²) in [5.41, 5.74) is 4.82. The Morgan fingerprint density at radius 3 is 2.84 bits per heavy atom. The number of amides is 1. The van der Waals surface area contributed by atoms with Gasteiger partial charge in [0.1, 0.15) is 0 Å². The number of hydrazone groups is 1. The zero-order chi connectivity index (χ0) is 17.8.